The summed E-state index contributed by atoms with van der Waals surface area (Å²) in [5.74, 6) is 0.538. The number of amides is 1. The van der Waals surface area contributed by atoms with E-state index in [1.165, 1.54) is 6.08 Å². The van der Waals surface area contributed by atoms with E-state index >= 15 is 0 Å². The Bertz CT molecular complexity index is 1010. The molecule has 1 aromatic heterocycles. The van der Waals surface area contributed by atoms with Crippen LogP contribution in [-0.4, -0.2) is 44.3 Å². The first-order chi connectivity index (χ1) is 13.7. The minimum absolute atomic E-state index is 0.192. The van der Waals surface area contributed by atoms with E-state index in [2.05, 4.69) is 10.2 Å². The van der Waals surface area contributed by atoms with Gasteiger partial charge in [-0.15, -0.1) is 0 Å². The smallest absolute Gasteiger partial charge is 0.248 e. The lowest BCUT2D eigenvalue weighted by atomic mass is 10.2. The van der Waals surface area contributed by atoms with Crippen molar-refractivity contribution < 1.29 is 14.3 Å². The number of carbonyl (C=O) groups excluding carboxylic acids is 1. The van der Waals surface area contributed by atoms with Crippen LogP contribution in [0.3, 0.4) is 0 Å². The van der Waals surface area contributed by atoms with Gasteiger partial charge in [0.2, 0.25) is 5.91 Å². The molecule has 0 bridgehead atoms. The molecule has 0 atom stereocenters. The second-order valence-corrected chi connectivity index (χ2v) is 7.35. The van der Waals surface area contributed by atoms with Crippen LogP contribution in [0.2, 0.25) is 0 Å². The molecule has 7 heteroatoms. The Kier molecular flexibility index (Phi) is 5.55. The number of fused-ring (bicyclic) bond motifs is 1. The van der Waals surface area contributed by atoms with Gasteiger partial charge in [-0.2, -0.15) is 0 Å². The summed E-state index contributed by atoms with van der Waals surface area (Å²) in [7, 11) is 1.61. The van der Waals surface area contributed by atoms with Gasteiger partial charge in [-0.05, 0) is 30.3 Å². The SMILES string of the molecule is COc1ccccc1/C=C/C(=O)Nc1ccc2nc(N3CCOCC3)sc2c1. The number of hydrogen-bond acceptors (Lipinski definition) is 6. The van der Waals surface area contributed by atoms with Crippen LogP contribution in [-0.2, 0) is 9.53 Å². The summed E-state index contributed by atoms with van der Waals surface area (Å²) in [6.45, 7) is 3.18. The Hall–Kier alpha value is -2.90. The number of para-hydroxylation sites is 1. The predicted molar refractivity (Wildman–Crippen MR) is 113 cm³/mol. The quantitative estimate of drug-likeness (QED) is 0.666. The molecule has 2 heterocycles. The number of ether oxygens (including phenoxy) is 2. The minimum atomic E-state index is -0.192. The van der Waals surface area contributed by atoms with Gasteiger partial charge in [0.1, 0.15) is 5.75 Å². The van der Waals surface area contributed by atoms with Crippen molar-refractivity contribution >= 4 is 44.4 Å². The van der Waals surface area contributed by atoms with Crippen molar-refractivity contribution in [2.24, 2.45) is 0 Å². The van der Waals surface area contributed by atoms with Gasteiger partial charge in [-0.1, -0.05) is 29.5 Å². The Morgan fingerprint density at radius 3 is 2.89 bits per heavy atom. The molecule has 3 aromatic rings. The number of benzene rings is 2. The second-order valence-electron chi connectivity index (χ2n) is 6.34. The summed E-state index contributed by atoms with van der Waals surface area (Å²) in [5.41, 5.74) is 2.54. The third-order valence-corrected chi connectivity index (χ3v) is 5.56. The highest BCUT2D eigenvalue weighted by atomic mass is 32.1. The standard InChI is InChI=1S/C21H21N3O3S/c1-26-18-5-3-2-4-15(18)6-9-20(25)22-16-7-8-17-19(14-16)28-21(23-17)24-10-12-27-13-11-24/h2-9,14H,10-13H2,1H3,(H,22,25)/b9-6+. The van der Waals surface area contributed by atoms with E-state index in [1.54, 1.807) is 24.5 Å². The summed E-state index contributed by atoms with van der Waals surface area (Å²) in [6, 6.07) is 13.3. The molecule has 0 spiro atoms. The highest BCUT2D eigenvalue weighted by Gasteiger charge is 2.15. The van der Waals surface area contributed by atoms with Gasteiger partial charge < -0.3 is 19.7 Å². The van der Waals surface area contributed by atoms with Gasteiger partial charge in [0.15, 0.2) is 5.13 Å². The van der Waals surface area contributed by atoms with E-state index in [-0.39, 0.29) is 5.91 Å². The molecule has 0 radical (unpaired) electrons. The number of morpholine rings is 1. The molecular weight excluding hydrogens is 374 g/mol. The topological polar surface area (TPSA) is 63.7 Å². The normalized spacial score (nSPS) is 14.5. The van der Waals surface area contributed by atoms with Gasteiger partial charge in [0.25, 0.3) is 0 Å². The van der Waals surface area contributed by atoms with E-state index in [9.17, 15) is 4.79 Å². The van der Waals surface area contributed by atoms with Crippen molar-refractivity contribution in [1.82, 2.24) is 4.98 Å². The number of anilines is 2. The van der Waals surface area contributed by atoms with Crippen molar-refractivity contribution in [3.05, 3.63) is 54.1 Å². The molecule has 1 fully saturated rings. The first kappa shape index (κ1) is 18.5. The Morgan fingerprint density at radius 1 is 1.25 bits per heavy atom. The van der Waals surface area contributed by atoms with Gasteiger partial charge in [0.05, 0.1) is 30.5 Å². The van der Waals surface area contributed by atoms with Crippen molar-refractivity contribution in [3.63, 3.8) is 0 Å². The van der Waals surface area contributed by atoms with Crippen LogP contribution >= 0.6 is 11.3 Å². The maximum Gasteiger partial charge on any atom is 0.248 e. The van der Waals surface area contributed by atoms with Crippen LogP contribution in [0.15, 0.2) is 48.5 Å². The summed E-state index contributed by atoms with van der Waals surface area (Å²) >= 11 is 1.63. The third-order valence-electron chi connectivity index (χ3n) is 4.48. The number of nitrogens with zero attached hydrogens (tertiary/aromatic N) is 2. The van der Waals surface area contributed by atoms with E-state index in [4.69, 9.17) is 14.5 Å². The lowest BCUT2D eigenvalue weighted by molar-refractivity contribution is -0.111. The van der Waals surface area contributed by atoms with E-state index in [0.29, 0.717) is 0 Å². The molecular formula is C21H21N3O3S. The first-order valence-electron chi connectivity index (χ1n) is 9.08. The molecule has 6 nitrogen and oxygen atoms in total. The number of thiazole rings is 1. The molecule has 1 N–H and O–H groups in total. The maximum atomic E-state index is 12.3. The van der Waals surface area contributed by atoms with E-state index < -0.39 is 0 Å². The summed E-state index contributed by atoms with van der Waals surface area (Å²) in [5, 5.41) is 3.91. The van der Waals surface area contributed by atoms with E-state index in [1.807, 2.05) is 42.5 Å². The zero-order valence-corrected chi connectivity index (χ0v) is 16.4. The van der Waals surface area contributed by atoms with Crippen LogP contribution < -0.4 is 15.0 Å². The molecule has 1 aliphatic rings. The lowest BCUT2D eigenvalue weighted by Crippen LogP contribution is -2.36. The predicted octanol–water partition coefficient (Wildman–Crippen LogP) is 3.79. The third kappa shape index (κ3) is 4.16. The second kappa shape index (κ2) is 8.41. The van der Waals surface area contributed by atoms with Crippen LogP contribution in [0, 0.1) is 0 Å². The molecule has 1 saturated heterocycles. The van der Waals surface area contributed by atoms with Gasteiger partial charge in [0, 0.05) is 30.4 Å². The van der Waals surface area contributed by atoms with Crippen molar-refractivity contribution in [1.29, 1.82) is 0 Å². The number of methoxy groups -OCH3 is 1. The number of aromatic nitrogens is 1. The van der Waals surface area contributed by atoms with E-state index in [0.717, 1.165) is 58.7 Å². The van der Waals surface area contributed by atoms with Crippen LogP contribution in [0.1, 0.15) is 5.56 Å². The fraction of sp³-hybridized carbons (Fsp3) is 0.238. The number of carbonyl (C=O) groups is 1. The maximum absolute atomic E-state index is 12.3. The van der Waals surface area contributed by atoms with Crippen LogP contribution in [0.5, 0.6) is 5.75 Å². The molecule has 0 aliphatic carbocycles. The Balaban J connectivity index is 1.46. The summed E-state index contributed by atoms with van der Waals surface area (Å²) < 4.78 is 11.7. The molecule has 144 valence electrons. The van der Waals surface area contributed by atoms with Crippen molar-refractivity contribution in [2.45, 2.75) is 0 Å². The van der Waals surface area contributed by atoms with Gasteiger partial charge in [-0.25, -0.2) is 4.98 Å². The minimum Gasteiger partial charge on any atom is -0.496 e. The Morgan fingerprint density at radius 2 is 2.07 bits per heavy atom. The summed E-state index contributed by atoms with van der Waals surface area (Å²) in [6.07, 6.45) is 3.25. The number of hydrogen-bond donors (Lipinski definition) is 1. The zero-order valence-electron chi connectivity index (χ0n) is 15.6. The number of rotatable bonds is 5. The lowest BCUT2D eigenvalue weighted by Gasteiger charge is -2.25. The molecule has 28 heavy (non-hydrogen) atoms. The monoisotopic (exact) mass is 395 g/mol. The highest BCUT2D eigenvalue weighted by Crippen LogP contribution is 2.31. The van der Waals surface area contributed by atoms with Crippen molar-refractivity contribution in [3.8, 4) is 5.75 Å². The fourth-order valence-electron chi connectivity index (χ4n) is 3.03. The van der Waals surface area contributed by atoms with Crippen molar-refractivity contribution in [2.75, 3.05) is 43.6 Å². The largest absolute Gasteiger partial charge is 0.496 e. The fourth-order valence-corrected chi connectivity index (χ4v) is 4.09. The molecule has 1 aliphatic heterocycles. The highest BCUT2D eigenvalue weighted by molar-refractivity contribution is 7.22. The summed E-state index contributed by atoms with van der Waals surface area (Å²) in [4.78, 5) is 19.2. The van der Waals surface area contributed by atoms with Crippen LogP contribution in [0.4, 0.5) is 10.8 Å². The van der Waals surface area contributed by atoms with Crippen LogP contribution in [0.25, 0.3) is 16.3 Å². The Labute approximate surface area is 167 Å². The molecule has 0 unspecified atom stereocenters. The average molecular weight is 395 g/mol. The van der Waals surface area contributed by atoms with Gasteiger partial charge in [-0.3, -0.25) is 4.79 Å². The molecule has 0 saturated carbocycles. The molecule has 4 rings (SSSR count). The number of nitrogens with one attached hydrogen (secondary N) is 1. The van der Waals surface area contributed by atoms with Gasteiger partial charge >= 0.3 is 0 Å². The first-order valence-corrected chi connectivity index (χ1v) is 9.90. The average Bonchev–Trinajstić information content (AvgIpc) is 3.16. The molecule has 1 amide bonds. The molecule has 2 aromatic carbocycles. The zero-order chi connectivity index (χ0) is 19.3.